The number of aliphatic hydroxyl groups excluding tert-OH is 1. The van der Waals surface area contributed by atoms with Crippen molar-refractivity contribution < 1.29 is 24.2 Å². The minimum Gasteiger partial charge on any atom is -0.507 e. The van der Waals surface area contributed by atoms with E-state index in [1.807, 2.05) is 57.2 Å². The number of rotatable bonds is 6. The smallest absolute Gasteiger partial charge is 0.300 e. The summed E-state index contributed by atoms with van der Waals surface area (Å²) in [6, 6.07) is 17.7. The van der Waals surface area contributed by atoms with Gasteiger partial charge in [0, 0.05) is 11.3 Å². The molecule has 0 aromatic heterocycles. The molecule has 3 aromatic rings. The Hall–Kier alpha value is -4.06. The van der Waals surface area contributed by atoms with E-state index in [9.17, 15) is 14.7 Å². The Bertz CT molecular complexity index is 1430. The van der Waals surface area contributed by atoms with Gasteiger partial charge in [0.15, 0.2) is 11.5 Å². The maximum absolute atomic E-state index is 13.6. The third-order valence-electron chi connectivity index (χ3n) is 6.89. The minimum atomic E-state index is -0.861. The molecule has 1 saturated heterocycles. The zero-order valence-electron chi connectivity index (χ0n) is 23.1. The first-order valence-corrected chi connectivity index (χ1v) is 12.8. The third kappa shape index (κ3) is 4.91. The first kappa shape index (κ1) is 27.0. The van der Waals surface area contributed by atoms with Crippen LogP contribution < -0.4 is 14.4 Å². The van der Waals surface area contributed by atoms with E-state index < -0.39 is 17.7 Å². The summed E-state index contributed by atoms with van der Waals surface area (Å²) in [5, 5.41) is 11.7. The molecular formula is C32H35NO5. The third-order valence-corrected chi connectivity index (χ3v) is 6.89. The number of hydrogen-bond acceptors (Lipinski definition) is 5. The quantitative estimate of drug-likeness (QED) is 0.227. The Balaban J connectivity index is 2.01. The van der Waals surface area contributed by atoms with Crippen LogP contribution in [0.3, 0.4) is 0 Å². The molecule has 1 fully saturated rings. The highest BCUT2D eigenvalue weighted by atomic mass is 16.5. The van der Waals surface area contributed by atoms with E-state index in [0.29, 0.717) is 34.9 Å². The van der Waals surface area contributed by atoms with E-state index in [-0.39, 0.29) is 16.7 Å². The molecule has 0 aliphatic carbocycles. The fraction of sp³-hybridized carbons (Fsp3) is 0.312. The largest absolute Gasteiger partial charge is 0.507 e. The number of aliphatic hydroxyl groups is 1. The molecule has 4 rings (SSSR count). The zero-order chi connectivity index (χ0) is 27.8. The molecule has 6 heteroatoms. The van der Waals surface area contributed by atoms with Crippen molar-refractivity contribution >= 4 is 23.1 Å². The molecule has 0 spiro atoms. The van der Waals surface area contributed by atoms with Crippen molar-refractivity contribution in [2.24, 2.45) is 0 Å². The summed E-state index contributed by atoms with van der Waals surface area (Å²) >= 11 is 0. The van der Waals surface area contributed by atoms with Crippen LogP contribution in [0, 0.1) is 13.8 Å². The van der Waals surface area contributed by atoms with Crippen molar-refractivity contribution in [2.75, 3.05) is 18.6 Å². The lowest BCUT2D eigenvalue weighted by molar-refractivity contribution is -0.132. The van der Waals surface area contributed by atoms with Crippen LogP contribution in [0.2, 0.25) is 0 Å². The normalized spacial score (nSPS) is 17.1. The Morgan fingerprint density at radius 1 is 0.974 bits per heavy atom. The van der Waals surface area contributed by atoms with E-state index >= 15 is 0 Å². The number of Topliss-reactive ketones (excluding diaryl/α,β-unsaturated/α-hetero) is 1. The number of nitrogens with zero attached hydrogens (tertiary/aromatic N) is 1. The van der Waals surface area contributed by atoms with Gasteiger partial charge in [0.05, 0.1) is 25.3 Å². The van der Waals surface area contributed by atoms with Gasteiger partial charge in [-0.2, -0.15) is 0 Å². The monoisotopic (exact) mass is 513 g/mol. The van der Waals surface area contributed by atoms with Crippen LogP contribution in [-0.2, 0) is 15.0 Å². The van der Waals surface area contributed by atoms with Crippen LogP contribution in [0.25, 0.3) is 5.76 Å². The first-order chi connectivity index (χ1) is 18.0. The zero-order valence-corrected chi connectivity index (χ0v) is 23.1. The lowest BCUT2D eigenvalue weighted by Gasteiger charge is -2.27. The van der Waals surface area contributed by atoms with Gasteiger partial charge in [0.25, 0.3) is 11.7 Å². The highest BCUT2D eigenvalue weighted by Gasteiger charge is 2.47. The van der Waals surface area contributed by atoms with Gasteiger partial charge in [-0.1, -0.05) is 51.1 Å². The summed E-state index contributed by atoms with van der Waals surface area (Å²) < 4.78 is 11.3. The topological polar surface area (TPSA) is 76.1 Å². The Labute approximate surface area is 224 Å². The van der Waals surface area contributed by atoms with Crippen molar-refractivity contribution in [3.63, 3.8) is 0 Å². The second-order valence-corrected chi connectivity index (χ2v) is 10.6. The van der Waals surface area contributed by atoms with Gasteiger partial charge in [0.2, 0.25) is 0 Å². The van der Waals surface area contributed by atoms with Gasteiger partial charge in [-0.15, -0.1) is 0 Å². The van der Waals surface area contributed by atoms with Crippen LogP contribution in [0.5, 0.6) is 11.5 Å². The maximum atomic E-state index is 13.6. The van der Waals surface area contributed by atoms with Crippen LogP contribution >= 0.6 is 0 Å². The highest BCUT2D eigenvalue weighted by Crippen LogP contribution is 2.45. The van der Waals surface area contributed by atoms with E-state index in [2.05, 4.69) is 20.8 Å². The summed E-state index contributed by atoms with van der Waals surface area (Å²) in [6.45, 7) is 12.4. The van der Waals surface area contributed by atoms with Crippen molar-refractivity contribution in [2.45, 2.75) is 53.0 Å². The molecule has 38 heavy (non-hydrogen) atoms. The fourth-order valence-electron chi connectivity index (χ4n) is 4.81. The summed E-state index contributed by atoms with van der Waals surface area (Å²) in [4.78, 5) is 28.7. The van der Waals surface area contributed by atoms with Crippen molar-refractivity contribution in [1.29, 1.82) is 0 Å². The summed E-state index contributed by atoms with van der Waals surface area (Å²) in [5.74, 6) is -0.588. The number of hydrogen-bond donors (Lipinski definition) is 1. The van der Waals surface area contributed by atoms with Gasteiger partial charge in [0.1, 0.15) is 5.76 Å². The van der Waals surface area contributed by atoms with Crippen molar-refractivity contribution in [1.82, 2.24) is 0 Å². The van der Waals surface area contributed by atoms with E-state index in [0.717, 1.165) is 16.7 Å². The number of benzene rings is 3. The Morgan fingerprint density at radius 3 is 2.34 bits per heavy atom. The summed E-state index contributed by atoms with van der Waals surface area (Å²) in [7, 11) is 1.56. The maximum Gasteiger partial charge on any atom is 0.300 e. The summed E-state index contributed by atoms with van der Waals surface area (Å²) in [6.07, 6.45) is 0. The molecule has 1 N–H and O–H groups in total. The van der Waals surface area contributed by atoms with E-state index in [1.54, 1.807) is 31.4 Å². The highest BCUT2D eigenvalue weighted by molar-refractivity contribution is 6.51. The van der Waals surface area contributed by atoms with Crippen LogP contribution in [0.1, 0.15) is 61.6 Å². The number of carbonyl (C=O) groups is 2. The molecule has 1 aliphatic rings. The predicted molar refractivity (Wildman–Crippen MR) is 150 cm³/mol. The number of amides is 1. The SMILES string of the molecule is CCOc1cc(C2/C(=C(\O)c3cc(C(C)(C)C)ccc3C)C(=O)C(=O)N2c2cccc(C)c2)ccc1OC. The molecular weight excluding hydrogens is 478 g/mol. The Kier molecular flexibility index (Phi) is 7.36. The van der Waals surface area contributed by atoms with Crippen molar-refractivity contribution in [3.05, 3.63) is 94.1 Å². The molecule has 6 nitrogen and oxygen atoms in total. The number of ketones is 1. The molecule has 1 unspecified atom stereocenters. The van der Waals surface area contributed by atoms with Gasteiger partial charge in [-0.3, -0.25) is 14.5 Å². The number of carbonyl (C=O) groups excluding carboxylic acids is 2. The predicted octanol–water partition coefficient (Wildman–Crippen LogP) is 6.63. The molecule has 198 valence electrons. The number of anilines is 1. The molecule has 0 bridgehead atoms. The van der Waals surface area contributed by atoms with Gasteiger partial charge < -0.3 is 14.6 Å². The fourth-order valence-corrected chi connectivity index (χ4v) is 4.81. The molecule has 1 atom stereocenters. The molecule has 3 aromatic carbocycles. The second kappa shape index (κ2) is 10.4. The van der Waals surface area contributed by atoms with E-state index in [1.165, 1.54) is 4.90 Å². The van der Waals surface area contributed by atoms with Crippen molar-refractivity contribution in [3.8, 4) is 11.5 Å². The van der Waals surface area contributed by atoms with Crippen LogP contribution in [0.15, 0.2) is 66.2 Å². The molecule has 0 saturated carbocycles. The number of ether oxygens (including phenoxy) is 2. The lowest BCUT2D eigenvalue weighted by atomic mass is 9.84. The number of methoxy groups -OCH3 is 1. The molecule has 1 amide bonds. The second-order valence-electron chi connectivity index (χ2n) is 10.6. The first-order valence-electron chi connectivity index (χ1n) is 12.8. The molecule has 1 aliphatic heterocycles. The summed E-state index contributed by atoms with van der Waals surface area (Å²) in [5.41, 5.74) is 4.37. The van der Waals surface area contributed by atoms with Gasteiger partial charge >= 0.3 is 0 Å². The van der Waals surface area contributed by atoms with E-state index in [4.69, 9.17) is 9.47 Å². The number of aryl methyl sites for hydroxylation is 2. The molecule has 1 heterocycles. The average molecular weight is 514 g/mol. The standard InChI is InChI=1S/C32H35NO5/c1-8-38-26-17-21(13-15-25(26)37-7)28-27(29(34)24-18-22(32(4,5)6)14-12-20(24)3)30(35)31(36)33(28)23-11-9-10-19(2)16-23/h9-18,28,34H,8H2,1-7H3/b29-27+. The van der Waals surface area contributed by atoms with Crippen LogP contribution in [0.4, 0.5) is 5.69 Å². The molecule has 0 radical (unpaired) electrons. The van der Waals surface area contributed by atoms with Crippen LogP contribution in [-0.4, -0.2) is 30.5 Å². The minimum absolute atomic E-state index is 0.0401. The lowest BCUT2D eigenvalue weighted by Crippen LogP contribution is -2.29. The Morgan fingerprint density at radius 2 is 1.71 bits per heavy atom. The average Bonchev–Trinajstić information content (AvgIpc) is 3.13. The van der Waals surface area contributed by atoms with Gasteiger partial charge in [-0.25, -0.2) is 0 Å². The van der Waals surface area contributed by atoms with Gasteiger partial charge in [-0.05, 0) is 78.8 Å².